The van der Waals surface area contributed by atoms with Crippen LogP contribution < -0.4 is 25.0 Å². The number of halogens is 1. The van der Waals surface area contributed by atoms with Crippen LogP contribution in [0, 0.1) is 0 Å². The van der Waals surface area contributed by atoms with Gasteiger partial charge in [-0.2, -0.15) is 5.10 Å². The smallest absolute Gasteiger partial charge is 0.187 e. The average Bonchev–Trinajstić information content (AvgIpc) is 2.87. The molecule has 3 aromatic rings. The van der Waals surface area contributed by atoms with E-state index in [0.29, 0.717) is 48.0 Å². The molecule has 0 spiro atoms. The molecule has 3 aromatic carbocycles. The van der Waals surface area contributed by atoms with Crippen molar-refractivity contribution in [1.82, 2.24) is 10.7 Å². The summed E-state index contributed by atoms with van der Waals surface area (Å²) in [6.45, 7) is 10.2. The van der Waals surface area contributed by atoms with Crippen LogP contribution in [-0.4, -0.2) is 31.1 Å². The lowest BCUT2D eigenvalue weighted by Gasteiger charge is -2.19. The molecule has 0 aliphatic carbocycles. The van der Waals surface area contributed by atoms with Gasteiger partial charge < -0.3 is 19.5 Å². The van der Waals surface area contributed by atoms with Crippen LogP contribution in [0.1, 0.15) is 44.4 Å². The van der Waals surface area contributed by atoms with E-state index in [1.54, 1.807) is 12.3 Å². The van der Waals surface area contributed by atoms with Gasteiger partial charge >= 0.3 is 0 Å². The maximum absolute atomic E-state index is 6.52. The Bertz CT molecular complexity index is 1180. The van der Waals surface area contributed by atoms with Gasteiger partial charge in [-0.1, -0.05) is 74.8 Å². The third-order valence-corrected chi connectivity index (χ3v) is 5.84. The van der Waals surface area contributed by atoms with Crippen molar-refractivity contribution in [3.63, 3.8) is 0 Å². The van der Waals surface area contributed by atoms with E-state index in [2.05, 4.69) is 48.7 Å². The minimum Gasteiger partial charge on any atom is -0.490 e. The number of hydrogen-bond acceptors (Lipinski definition) is 5. The van der Waals surface area contributed by atoms with E-state index < -0.39 is 0 Å². The monoisotopic (exact) mass is 539 g/mol. The topological polar surface area (TPSA) is 64.1 Å². The third-order valence-electron chi connectivity index (χ3n) is 5.33. The fourth-order valence-electron chi connectivity index (χ4n) is 3.40. The summed E-state index contributed by atoms with van der Waals surface area (Å²) in [6, 6.07) is 21.7. The van der Waals surface area contributed by atoms with E-state index >= 15 is 0 Å². The first-order valence-electron chi connectivity index (χ1n) is 12.2. The zero-order valence-electron chi connectivity index (χ0n) is 21.7. The SMILES string of the molecule is CCOc1cc(/C=N\NC(=S)NCc2ccccc2)cc(Cl)c1OCCOc1ccc(C(C)(C)C)cc1. The second-order valence-electron chi connectivity index (χ2n) is 9.27. The number of ether oxygens (including phenoxy) is 3. The molecule has 0 saturated heterocycles. The van der Waals surface area contributed by atoms with E-state index in [1.165, 1.54) is 5.56 Å². The van der Waals surface area contributed by atoms with E-state index in [4.69, 9.17) is 38.0 Å². The van der Waals surface area contributed by atoms with Crippen molar-refractivity contribution in [1.29, 1.82) is 0 Å². The number of benzene rings is 3. The molecule has 2 N–H and O–H groups in total. The van der Waals surface area contributed by atoms with Crippen molar-refractivity contribution in [3.8, 4) is 17.2 Å². The molecule has 0 heterocycles. The summed E-state index contributed by atoms with van der Waals surface area (Å²) in [5, 5.41) is 8.16. The molecule has 37 heavy (non-hydrogen) atoms. The minimum atomic E-state index is 0.103. The maximum Gasteiger partial charge on any atom is 0.187 e. The summed E-state index contributed by atoms with van der Waals surface area (Å²) in [6.07, 6.45) is 1.62. The number of hydrazone groups is 1. The van der Waals surface area contributed by atoms with Crippen LogP contribution in [0.25, 0.3) is 0 Å². The summed E-state index contributed by atoms with van der Waals surface area (Å²) in [4.78, 5) is 0. The minimum absolute atomic E-state index is 0.103. The van der Waals surface area contributed by atoms with Crippen LogP contribution in [0.5, 0.6) is 17.2 Å². The van der Waals surface area contributed by atoms with Gasteiger partial charge in [0.2, 0.25) is 0 Å². The van der Waals surface area contributed by atoms with Crippen molar-refractivity contribution >= 4 is 35.1 Å². The lowest BCUT2D eigenvalue weighted by Crippen LogP contribution is -2.31. The van der Waals surface area contributed by atoms with E-state index in [-0.39, 0.29) is 5.41 Å². The Labute approximate surface area is 230 Å². The molecule has 0 fully saturated rings. The van der Waals surface area contributed by atoms with Crippen molar-refractivity contribution in [2.75, 3.05) is 19.8 Å². The Morgan fingerprint density at radius 2 is 1.68 bits per heavy atom. The second-order valence-corrected chi connectivity index (χ2v) is 10.1. The Kier molecular flexibility index (Phi) is 10.6. The fraction of sp³-hybridized carbons (Fsp3) is 0.310. The maximum atomic E-state index is 6.52. The van der Waals surface area contributed by atoms with E-state index in [0.717, 1.165) is 16.9 Å². The summed E-state index contributed by atoms with van der Waals surface area (Å²) < 4.78 is 17.5. The molecule has 0 unspecified atom stereocenters. The molecule has 0 radical (unpaired) electrons. The number of hydrogen-bond donors (Lipinski definition) is 2. The van der Waals surface area contributed by atoms with Crippen molar-refractivity contribution in [3.05, 3.63) is 88.4 Å². The summed E-state index contributed by atoms with van der Waals surface area (Å²) >= 11 is 11.8. The van der Waals surface area contributed by atoms with Crippen LogP contribution in [0.15, 0.2) is 71.8 Å². The fourth-order valence-corrected chi connectivity index (χ4v) is 3.80. The molecule has 6 nitrogen and oxygen atoms in total. The van der Waals surface area contributed by atoms with Crippen LogP contribution >= 0.6 is 23.8 Å². The molecule has 0 amide bonds. The summed E-state index contributed by atoms with van der Waals surface area (Å²) in [5.74, 6) is 1.80. The van der Waals surface area contributed by atoms with Gasteiger partial charge in [-0.3, -0.25) is 5.43 Å². The van der Waals surface area contributed by atoms with Crippen molar-refractivity contribution in [2.24, 2.45) is 5.10 Å². The first kappa shape index (κ1) is 28.3. The van der Waals surface area contributed by atoms with Crippen LogP contribution in [0.3, 0.4) is 0 Å². The molecule has 0 aliphatic heterocycles. The number of thiocarbonyl (C=S) groups is 1. The first-order valence-corrected chi connectivity index (χ1v) is 13.0. The van der Waals surface area contributed by atoms with Gasteiger partial charge in [-0.05, 0) is 65.5 Å². The van der Waals surface area contributed by atoms with Gasteiger partial charge in [0.25, 0.3) is 0 Å². The Balaban J connectivity index is 1.52. The van der Waals surface area contributed by atoms with Crippen molar-refractivity contribution < 1.29 is 14.2 Å². The molecule has 8 heteroatoms. The Morgan fingerprint density at radius 3 is 2.35 bits per heavy atom. The predicted octanol–water partition coefficient (Wildman–Crippen LogP) is 6.49. The highest BCUT2D eigenvalue weighted by atomic mass is 35.5. The summed E-state index contributed by atoms with van der Waals surface area (Å²) in [7, 11) is 0. The zero-order valence-corrected chi connectivity index (χ0v) is 23.3. The van der Waals surface area contributed by atoms with Gasteiger partial charge in [0, 0.05) is 6.54 Å². The van der Waals surface area contributed by atoms with Gasteiger partial charge in [0.05, 0.1) is 17.8 Å². The molecule has 0 aliphatic rings. The van der Waals surface area contributed by atoms with Gasteiger partial charge in [0.15, 0.2) is 16.6 Å². The number of rotatable bonds is 11. The molecular weight excluding hydrogens is 506 g/mol. The standard InChI is InChI=1S/C29H34ClN3O3S/c1-5-34-26-18-22(20-32-33-28(37)31-19-21-9-7-6-8-10-21)17-25(30)27(26)36-16-15-35-24-13-11-23(12-14-24)29(2,3)4/h6-14,17-18,20H,5,15-16,19H2,1-4H3,(H2,31,33,37)/b32-20-. The Hall–Kier alpha value is -3.29. The zero-order chi connectivity index (χ0) is 26.7. The van der Waals surface area contributed by atoms with Gasteiger partial charge in [-0.15, -0.1) is 0 Å². The Morgan fingerprint density at radius 1 is 0.973 bits per heavy atom. The van der Waals surface area contributed by atoms with Crippen LogP contribution in [0.4, 0.5) is 0 Å². The molecule has 196 valence electrons. The largest absolute Gasteiger partial charge is 0.490 e. The van der Waals surface area contributed by atoms with Gasteiger partial charge in [-0.25, -0.2) is 0 Å². The molecule has 0 bridgehead atoms. The van der Waals surface area contributed by atoms with Crippen LogP contribution in [0.2, 0.25) is 5.02 Å². The lowest BCUT2D eigenvalue weighted by molar-refractivity contribution is 0.208. The quantitative estimate of drug-likeness (QED) is 0.126. The van der Waals surface area contributed by atoms with Crippen molar-refractivity contribution in [2.45, 2.75) is 39.7 Å². The normalized spacial score (nSPS) is 11.3. The van der Waals surface area contributed by atoms with Crippen LogP contribution in [-0.2, 0) is 12.0 Å². The molecule has 0 aromatic heterocycles. The second kappa shape index (κ2) is 13.9. The number of nitrogens with one attached hydrogen (secondary N) is 2. The van der Waals surface area contributed by atoms with Gasteiger partial charge in [0.1, 0.15) is 19.0 Å². The third kappa shape index (κ3) is 9.26. The molecular formula is C29H34ClN3O3S. The first-order chi connectivity index (χ1) is 17.8. The average molecular weight is 540 g/mol. The summed E-state index contributed by atoms with van der Waals surface area (Å²) in [5.41, 5.74) is 6.05. The highest BCUT2D eigenvalue weighted by molar-refractivity contribution is 7.80. The molecule has 3 rings (SSSR count). The highest BCUT2D eigenvalue weighted by Crippen LogP contribution is 2.36. The lowest BCUT2D eigenvalue weighted by atomic mass is 9.87. The highest BCUT2D eigenvalue weighted by Gasteiger charge is 2.14. The number of nitrogens with zero attached hydrogens (tertiary/aromatic N) is 1. The molecule has 0 saturated carbocycles. The van der Waals surface area contributed by atoms with E-state index in [9.17, 15) is 0 Å². The predicted molar refractivity (Wildman–Crippen MR) is 155 cm³/mol. The van der Waals surface area contributed by atoms with E-state index in [1.807, 2.05) is 55.5 Å². The molecule has 0 atom stereocenters.